The van der Waals surface area contributed by atoms with Gasteiger partial charge < -0.3 is 14.9 Å². The lowest BCUT2D eigenvalue weighted by Gasteiger charge is -2.11. The van der Waals surface area contributed by atoms with Crippen LogP contribution in [0.25, 0.3) is 0 Å². The smallest absolute Gasteiger partial charge is 0.333 e. The van der Waals surface area contributed by atoms with E-state index in [1.54, 1.807) is 24.3 Å². The number of hydrogen-bond acceptors (Lipinski definition) is 3. The first-order valence-electron chi connectivity index (χ1n) is 4.30. The average molecular weight is 208 g/mol. The van der Waals surface area contributed by atoms with Crippen LogP contribution in [0, 0.1) is 0 Å². The number of aliphatic carboxylic acids is 1. The molecule has 0 radical (unpaired) electrons. The van der Waals surface area contributed by atoms with Crippen molar-refractivity contribution in [3.63, 3.8) is 0 Å². The van der Waals surface area contributed by atoms with Gasteiger partial charge in [-0.1, -0.05) is 18.7 Å². The Morgan fingerprint density at radius 2 is 2.20 bits per heavy atom. The normalized spacial score (nSPS) is 11.9. The Morgan fingerprint density at radius 1 is 1.53 bits per heavy atom. The van der Waals surface area contributed by atoms with Crippen molar-refractivity contribution in [2.45, 2.75) is 6.10 Å². The van der Waals surface area contributed by atoms with Crippen LogP contribution in [0.4, 0.5) is 0 Å². The van der Waals surface area contributed by atoms with Crippen molar-refractivity contribution < 1.29 is 19.7 Å². The highest BCUT2D eigenvalue weighted by Gasteiger charge is 2.17. The van der Waals surface area contributed by atoms with Crippen LogP contribution in [0.1, 0.15) is 11.7 Å². The number of carboxylic acid groups (broad SMARTS) is 1. The van der Waals surface area contributed by atoms with Gasteiger partial charge in [-0.15, -0.1) is 0 Å². The molecule has 1 aromatic carbocycles. The van der Waals surface area contributed by atoms with Crippen LogP contribution in [0.5, 0.6) is 5.75 Å². The summed E-state index contributed by atoms with van der Waals surface area (Å²) >= 11 is 0. The van der Waals surface area contributed by atoms with E-state index in [1.807, 2.05) is 0 Å². The first-order valence-corrected chi connectivity index (χ1v) is 4.30. The highest BCUT2D eigenvalue weighted by Crippen LogP contribution is 2.23. The topological polar surface area (TPSA) is 66.8 Å². The van der Waals surface area contributed by atoms with Crippen molar-refractivity contribution in [3.05, 3.63) is 42.0 Å². The summed E-state index contributed by atoms with van der Waals surface area (Å²) in [6.45, 7) is 3.30. The maximum Gasteiger partial charge on any atom is 0.333 e. The van der Waals surface area contributed by atoms with E-state index >= 15 is 0 Å². The van der Waals surface area contributed by atoms with Crippen LogP contribution in [0.15, 0.2) is 36.4 Å². The van der Waals surface area contributed by atoms with Gasteiger partial charge in [-0.25, -0.2) is 4.79 Å². The number of aliphatic hydroxyl groups excluding tert-OH is 1. The molecule has 15 heavy (non-hydrogen) atoms. The Labute approximate surface area is 87.4 Å². The molecule has 4 nitrogen and oxygen atoms in total. The maximum atomic E-state index is 10.6. The third-order valence-electron chi connectivity index (χ3n) is 2.01. The van der Waals surface area contributed by atoms with E-state index in [2.05, 4.69) is 6.58 Å². The molecular weight excluding hydrogens is 196 g/mol. The summed E-state index contributed by atoms with van der Waals surface area (Å²) in [6, 6.07) is 6.56. The van der Waals surface area contributed by atoms with E-state index in [0.717, 1.165) is 0 Å². The molecular formula is C11H12O4. The second-order valence-electron chi connectivity index (χ2n) is 3.01. The van der Waals surface area contributed by atoms with Crippen molar-refractivity contribution in [2.24, 2.45) is 0 Å². The van der Waals surface area contributed by atoms with E-state index in [1.165, 1.54) is 7.11 Å². The van der Waals surface area contributed by atoms with Crippen molar-refractivity contribution in [1.29, 1.82) is 0 Å². The monoisotopic (exact) mass is 208 g/mol. The van der Waals surface area contributed by atoms with Crippen LogP contribution in [0.3, 0.4) is 0 Å². The molecule has 1 aromatic rings. The SMILES string of the molecule is C=C(C(=O)O)[C@H](O)c1cccc(OC)c1. The summed E-state index contributed by atoms with van der Waals surface area (Å²) in [5.41, 5.74) is 0.185. The van der Waals surface area contributed by atoms with Gasteiger partial charge in [0.15, 0.2) is 0 Å². The standard InChI is InChI=1S/C11H12O4/c1-7(11(13)14)10(12)8-4-3-5-9(6-8)15-2/h3-6,10,12H,1H2,2H3,(H,13,14)/t10-/m0/s1. The molecule has 0 aliphatic carbocycles. The van der Waals surface area contributed by atoms with E-state index in [9.17, 15) is 9.90 Å². The van der Waals surface area contributed by atoms with E-state index in [4.69, 9.17) is 9.84 Å². The van der Waals surface area contributed by atoms with E-state index in [0.29, 0.717) is 11.3 Å². The molecule has 1 atom stereocenters. The molecule has 0 aliphatic rings. The van der Waals surface area contributed by atoms with Gasteiger partial charge in [0, 0.05) is 0 Å². The first-order chi connectivity index (χ1) is 7.06. The lowest BCUT2D eigenvalue weighted by atomic mass is 10.0. The number of methoxy groups -OCH3 is 1. The zero-order valence-corrected chi connectivity index (χ0v) is 8.30. The number of ether oxygens (including phenoxy) is 1. The van der Waals surface area contributed by atoms with Gasteiger partial charge in [0.25, 0.3) is 0 Å². The molecule has 0 saturated heterocycles. The average Bonchev–Trinajstić information content (AvgIpc) is 2.27. The molecule has 4 heteroatoms. The fraction of sp³-hybridized carbons (Fsp3) is 0.182. The molecule has 0 aliphatic heterocycles. The van der Waals surface area contributed by atoms with Crippen LogP contribution >= 0.6 is 0 Å². The van der Waals surface area contributed by atoms with Gasteiger partial charge in [0.2, 0.25) is 0 Å². The number of benzene rings is 1. The van der Waals surface area contributed by atoms with Gasteiger partial charge in [0.05, 0.1) is 12.7 Å². The third kappa shape index (κ3) is 2.57. The minimum atomic E-state index is -1.22. The molecule has 1 rings (SSSR count). The van der Waals surface area contributed by atoms with Crippen LogP contribution in [-0.4, -0.2) is 23.3 Å². The molecule has 0 unspecified atom stereocenters. The zero-order chi connectivity index (χ0) is 11.4. The molecule has 0 fully saturated rings. The van der Waals surface area contributed by atoms with Crippen molar-refractivity contribution in [3.8, 4) is 5.75 Å². The minimum Gasteiger partial charge on any atom is -0.497 e. The van der Waals surface area contributed by atoms with Crippen LogP contribution in [-0.2, 0) is 4.79 Å². The highest BCUT2D eigenvalue weighted by atomic mass is 16.5. The van der Waals surface area contributed by atoms with E-state index < -0.39 is 12.1 Å². The summed E-state index contributed by atoms with van der Waals surface area (Å²) in [7, 11) is 1.50. The number of rotatable bonds is 4. The second kappa shape index (κ2) is 4.61. The summed E-state index contributed by atoms with van der Waals surface area (Å²) in [6.07, 6.45) is -1.21. The quantitative estimate of drug-likeness (QED) is 0.733. The van der Waals surface area contributed by atoms with Gasteiger partial charge >= 0.3 is 5.97 Å². The van der Waals surface area contributed by atoms with E-state index in [-0.39, 0.29) is 5.57 Å². The Kier molecular flexibility index (Phi) is 3.46. The summed E-state index contributed by atoms with van der Waals surface area (Å²) in [4.78, 5) is 10.6. The van der Waals surface area contributed by atoms with Crippen molar-refractivity contribution >= 4 is 5.97 Å². The molecule has 80 valence electrons. The zero-order valence-electron chi connectivity index (χ0n) is 8.30. The fourth-order valence-electron chi connectivity index (χ4n) is 1.13. The Morgan fingerprint density at radius 3 is 2.73 bits per heavy atom. The first kappa shape index (κ1) is 11.3. The summed E-state index contributed by atoms with van der Waals surface area (Å²) in [5.74, 6) is -0.657. The van der Waals surface area contributed by atoms with Crippen LogP contribution in [0.2, 0.25) is 0 Å². The number of carbonyl (C=O) groups is 1. The molecule has 0 saturated carbocycles. The fourth-order valence-corrected chi connectivity index (χ4v) is 1.13. The molecule has 0 spiro atoms. The Bertz CT molecular complexity index is 384. The van der Waals surface area contributed by atoms with Crippen molar-refractivity contribution in [2.75, 3.05) is 7.11 Å². The lowest BCUT2D eigenvalue weighted by molar-refractivity contribution is -0.133. The predicted octanol–water partition coefficient (Wildman–Crippen LogP) is 1.37. The summed E-state index contributed by atoms with van der Waals surface area (Å²) < 4.78 is 4.96. The number of hydrogen-bond donors (Lipinski definition) is 2. The van der Waals surface area contributed by atoms with Gasteiger partial charge in [-0.2, -0.15) is 0 Å². The lowest BCUT2D eigenvalue weighted by Crippen LogP contribution is -2.09. The molecule has 0 amide bonds. The second-order valence-corrected chi connectivity index (χ2v) is 3.01. The van der Waals surface area contributed by atoms with Gasteiger partial charge in [-0.05, 0) is 17.7 Å². The number of aliphatic hydroxyl groups is 1. The Balaban J connectivity index is 2.95. The van der Waals surface area contributed by atoms with Crippen LogP contribution < -0.4 is 4.74 Å². The molecule has 0 heterocycles. The van der Waals surface area contributed by atoms with Crippen molar-refractivity contribution in [1.82, 2.24) is 0 Å². The van der Waals surface area contributed by atoms with Gasteiger partial charge in [-0.3, -0.25) is 0 Å². The minimum absolute atomic E-state index is 0.261. The maximum absolute atomic E-state index is 10.6. The van der Waals surface area contributed by atoms with Gasteiger partial charge in [0.1, 0.15) is 11.9 Å². The Hall–Kier alpha value is -1.81. The predicted molar refractivity (Wildman–Crippen MR) is 54.7 cm³/mol. The highest BCUT2D eigenvalue weighted by molar-refractivity contribution is 5.87. The number of carboxylic acids is 1. The molecule has 0 bridgehead atoms. The largest absolute Gasteiger partial charge is 0.497 e. The third-order valence-corrected chi connectivity index (χ3v) is 2.01. The molecule has 2 N–H and O–H groups in total. The summed E-state index contributed by atoms with van der Waals surface area (Å²) in [5, 5.41) is 18.3. The molecule has 0 aromatic heterocycles.